The van der Waals surface area contributed by atoms with E-state index in [1.165, 1.54) is 6.92 Å². The minimum atomic E-state index is -1.36. The van der Waals surface area contributed by atoms with Gasteiger partial charge in [0.15, 0.2) is 12.7 Å². The molecule has 0 spiro atoms. The SMILES string of the molecule is CC(=O)OCC(C(OC(C)=O)c1ccccc1)[N+](=O)[O-]. The van der Waals surface area contributed by atoms with Gasteiger partial charge < -0.3 is 9.47 Å². The van der Waals surface area contributed by atoms with Crippen LogP contribution in [0.4, 0.5) is 0 Å². The van der Waals surface area contributed by atoms with Gasteiger partial charge in [-0.05, 0) is 5.56 Å². The Labute approximate surface area is 115 Å². The third-order valence-electron chi connectivity index (χ3n) is 2.50. The molecule has 0 bridgehead atoms. The molecule has 1 aromatic rings. The van der Waals surface area contributed by atoms with E-state index in [1.54, 1.807) is 30.3 Å². The van der Waals surface area contributed by atoms with Crippen molar-refractivity contribution in [2.45, 2.75) is 26.0 Å². The second kappa shape index (κ2) is 7.22. The minimum absolute atomic E-state index is 0.463. The Kier molecular flexibility index (Phi) is 5.64. The molecule has 7 heteroatoms. The van der Waals surface area contributed by atoms with Crippen LogP contribution in [0.5, 0.6) is 0 Å². The second-order valence-electron chi connectivity index (χ2n) is 4.10. The van der Waals surface area contributed by atoms with Crippen molar-refractivity contribution in [1.82, 2.24) is 0 Å². The molecular weight excluding hydrogens is 266 g/mol. The van der Waals surface area contributed by atoms with Gasteiger partial charge in [0.1, 0.15) is 0 Å². The summed E-state index contributed by atoms with van der Waals surface area (Å²) in [6.45, 7) is 1.86. The molecule has 0 amide bonds. The lowest BCUT2D eigenvalue weighted by molar-refractivity contribution is -0.538. The molecule has 0 aliphatic rings. The molecule has 0 aromatic heterocycles. The molecule has 0 aliphatic heterocycles. The fraction of sp³-hybridized carbons (Fsp3) is 0.385. The van der Waals surface area contributed by atoms with Gasteiger partial charge in [0.05, 0.1) is 0 Å². The predicted octanol–water partition coefficient (Wildman–Crippen LogP) is 1.50. The first kappa shape index (κ1) is 15.6. The zero-order valence-corrected chi connectivity index (χ0v) is 11.1. The number of benzene rings is 1. The van der Waals surface area contributed by atoms with Gasteiger partial charge in [-0.25, -0.2) is 0 Å². The standard InChI is InChI=1S/C13H15NO6/c1-9(15)19-8-12(14(17)18)13(20-10(2)16)11-6-4-3-5-7-11/h3-7,12-13H,8H2,1-2H3. The highest BCUT2D eigenvalue weighted by molar-refractivity contribution is 5.66. The highest BCUT2D eigenvalue weighted by atomic mass is 16.6. The first-order chi connectivity index (χ1) is 9.41. The molecule has 1 rings (SSSR count). The third kappa shape index (κ3) is 4.68. The van der Waals surface area contributed by atoms with Crippen LogP contribution in [0, 0.1) is 10.1 Å². The molecular formula is C13H15NO6. The van der Waals surface area contributed by atoms with Crippen LogP contribution < -0.4 is 0 Å². The molecule has 108 valence electrons. The van der Waals surface area contributed by atoms with E-state index in [4.69, 9.17) is 4.74 Å². The second-order valence-corrected chi connectivity index (χ2v) is 4.10. The van der Waals surface area contributed by atoms with Crippen LogP contribution in [-0.2, 0) is 19.1 Å². The number of nitrogens with zero attached hydrogens (tertiary/aromatic N) is 1. The van der Waals surface area contributed by atoms with Crippen molar-refractivity contribution < 1.29 is 24.0 Å². The Morgan fingerprint density at radius 2 is 1.80 bits per heavy atom. The number of hydrogen-bond donors (Lipinski definition) is 0. The van der Waals surface area contributed by atoms with Crippen LogP contribution in [-0.4, -0.2) is 29.5 Å². The topological polar surface area (TPSA) is 95.7 Å². The van der Waals surface area contributed by atoms with Gasteiger partial charge in [0.2, 0.25) is 0 Å². The molecule has 20 heavy (non-hydrogen) atoms. The van der Waals surface area contributed by atoms with Crippen molar-refractivity contribution in [1.29, 1.82) is 0 Å². The number of carbonyl (C=O) groups is 2. The predicted molar refractivity (Wildman–Crippen MR) is 68.4 cm³/mol. The van der Waals surface area contributed by atoms with Crippen molar-refractivity contribution in [3.8, 4) is 0 Å². The molecule has 0 radical (unpaired) electrons. The Balaban J connectivity index is 3.01. The fourth-order valence-electron chi connectivity index (χ4n) is 1.65. The summed E-state index contributed by atoms with van der Waals surface area (Å²) in [6.07, 6.45) is -1.11. The van der Waals surface area contributed by atoms with E-state index >= 15 is 0 Å². The largest absolute Gasteiger partial charge is 0.458 e. The zero-order valence-electron chi connectivity index (χ0n) is 11.1. The Hall–Kier alpha value is -2.44. The lowest BCUT2D eigenvalue weighted by atomic mass is 10.0. The first-order valence-corrected chi connectivity index (χ1v) is 5.91. The van der Waals surface area contributed by atoms with Crippen LogP contribution in [0.1, 0.15) is 25.5 Å². The molecule has 1 aromatic carbocycles. The molecule has 0 aliphatic carbocycles. The maximum absolute atomic E-state index is 11.1. The van der Waals surface area contributed by atoms with Gasteiger partial charge in [0.25, 0.3) is 6.04 Å². The normalized spacial score (nSPS) is 13.1. The molecule has 7 nitrogen and oxygen atoms in total. The van der Waals surface area contributed by atoms with Crippen LogP contribution in [0.3, 0.4) is 0 Å². The summed E-state index contributed by atoms with van der Waals surface area (Å²) in [7, 11) is 0. The lowest BCUT2D eigenvalue weighted by Crippen LogP contribution is -2.35. The van der Waals surface area contributed by atoms with E-state index in [1.807, 2.05) is 0 Å². The highest BCUT2D eigenvalue weighted by Crippen LogP contribution is 2.23. The van der Waals surface area contributed by atoms with Gasteiger partial charge >= 0.3 is 11.9 Å². The van der Waals surface area contributed by atoms with Crippen molar-refractivity contribution in [3.05, 3.63) is 46.0 Å². The summed E-state index contributed by atoms with van der Waals surface area (Å²) in [6, 6.07) is 6.95. The Morgan fingerprint density at radius 3 is 2.25 bits per heavy atom. The van der Waals surface area contributed by atoms with E-state index in [9.17, 15) is 19.7 Å². The molecule has 0 heterocycles. The zero-order chi connectivity index (χ0) is 15.1. The lowest BCUT2D eigenvalue weighted by Gasteiger charge is -2.20. The van der Waals surface area contributed by atoms with Gasteiger partial charge in [-0.2, -0.15) is 0 Å². The van der Waals surface area contributed by atoms with E-state index in [2.05, 4.69) is 4.74 Å². The number of nitro groups is 1. The third-order valence-corrected chi connectivity index (χ3v) is 2.50. The summed E-state index contributed by atoms with van der Waals surface area (Å²) in [4.78, 5) is 32.4. The number of carbonyl (C=O) groups excluding carboxylic acids is 2. The van der Waals surface area contributed by atoms with Crippen LogP contribution >= 0.6 is 0 Å². The molecule has 0 N–H and O–H groups in total. The smallest absolute Gasteiger partial charge is 0.303 e. The molecule has 2 atom stereocenters. The summed E-state index contributed by atoms with van der Waals surface area (Å²) in [5.41, 5.74) is 0.469. The average Bonchev–Trinajstić information content (AvgIpc) is 2.37. The summed E-state index contributed by atoms with van der Waals surface area (Å²) < 4.78 is 9.70. The minimum Gasteiger partial charge on any atom is -0.458 e. The number of esters is 2. The molecule has 2 unspecified atom stereocenters. The Morgan fingerprint density at radius 1 is 1.20 bits per heavy atom. The van der Waals surface area contributed by atoms with E-state index < -0.39 is 35.6 Å². The average molecular weight is 281 g/mol. The van der Waals surface area contributed by atoms with Crippen LogP contribution in [0.2, 0.25) is 0 Å². The first-order valence-electron chi connectivity index (χ1n) is 5.91. The van der Waals surface area contributed by atoms with E-state index in [0.717, 1.165) is 6.92 Å². The quantitative estimate of drug-likeness (QED) is 0.445. The van der Waals surface area contributed by atoms with E-state index in [0.29, 0.717) is 5.56 Å². The van der Waals surface area contributed by atoms with Gasteiger partial charge in [0, 0.05) is 18.8 Å². The number of ether oxygens (including phenoxy) is 2. The molecule has 0 saturated heterocycles. The molecule has 0 saturated carbocycles. The van der Waals surface area contributed by atoms with Crippen molar-refractivity contribution in [2.24, 2.45) is 0 Å². The van der Waals surface area contributed by atoms with Gasteiger partial charge in [-0.3, -0.25) is 19.7 Å². The van der Waals surface area contributed by atoms with Crippen molar-refractivity contribution >= 4 is 11.9 Å². The molecule has 0 fully saturated rings. The summed E-state index contributed by atoms with van der Waals surface area (Å²) >= 11 is 0. The Bertz CT molecular complexity index is 487. The maximum atomic E-state index is 11.1. The van der Waals surface area contributed by atoms with E-state index in [-0.39, 0.29) is 0 Å². The van der Waals surface area contributed by atoms with Crippen LogP contribution in [0.15, 0.2) is 30.3 Å². The fourth-order valence-corrected chi connectivity index (χ4v) is 1.65. The van der Waals surface area contributed by atoms with Crippen molar-refractivity contribution in [2.75, 3.05) is 6.61 Å². The van der Waals surface area contributed by atoms with Gasteiger partial charge in [-0.15, -0.1) is 0 Å². The number of hydrogen-bond acceptors (Lipinski definition) is 6. The highest BCUT2D eigenvalue weighted by Gasteiger charge is 2.36. The maximum Gasteiger partial charge on any atom is 0.303 e. The summed E-state index contributed by atoms with van der Waals surface area (Å²) in [5, 5.41) is 11.1. The number of rotatable bonds is 6. The van der Waals surface area contributed by atoms with Crippen LogP contribution in [0.25, 0.3) is 0 Å². The van der Waals surface area contributed by atoms with Crippen molar-refractivity contribution in [3.63, 3.8) is 0 Å². The summed E-state index contributed by atoms with van der Waals surface area (Å²) in [5.74, 6) is -1.28. The monoisotopic (exact) mass is 281 g/mol. The van der Waals surface area contributed by atoms with Gasteiger partial charge in [-0.1, -0.05) is 30.3 Å².